The highest BCUT2D eigenvalue weighted by atomic mass is 19.1. The molecule has 0 amide bonds. The molecule has 0 fully saturated rings. The van der Waals surface area contributed by atoms with Gasteiger partial charge in [0.2, 0.25) is 0 Å². The average Bonchev–Trinajstić information content (AvgIpc) is 2.57. The van der Waals surface area contributed by atoms with E-state index in [1.807, 2.05) is 25.1 Å². The minimum absolute atomic E-state index is 0.0833. The van der Waals surface area contributed by atoms with Gasteiger partial charge in [-0.3, -0.25) is 0 Å². The van der Waals surface area contributed by atoms with Crippen molar-refractivity contribution in [2.24, 2.45) is 0 Å². The Morgan fingerprint density at radius 3 is 2.96 bits per heavy atom. The molecule has 116 valence electrons. The van der Waals surface area contributed by atoms with Crippen LogP contribution >= 0.6 is 0 Å². The third kappa shape index (κ3) is 2.38. The molecule has 0 unspecified atom stereocenters. The van der Waals surface area contributed by atoms with Crippen LogP contribution in [0, 0.1) is 12.7 Å². The number of fused-ring (bicyclic) bond motifs is 2. The molecular formula is C18H16FN3O. The van der Waals surface area contributed by atoms with Gasteiger partial charge in [0.1, 0.15) is 29.2 Å². The zero-order valence-corrected chi connectivity index (χ0v) is 12.7. The van der Waals surface area contributed by atoms with Crippen LogP contribution in [0.3, 0.4) is 0 Å². The Labute approximate surface area is 133 Å². The lowest BCUT2D eigenvalue weighted by Crippen LogP contribution is -2.21. The fourth-order valence-corrected chi connectivity index (χ4v) is 3.06. The second kappa shape index (κ2) is 5.50. The lowest BCUT2D eigenvalue weighted by atomic mass is 9.98. The van der Waals surface area contributed by atoms with E-state index in [2.05, 4.69) is 21.4 Å². The minimum atomic E-state index is -0.337. The molecule has 0 saturated carbocycles. The highest BCUT2D eigenvalue weighted by Gasteiger charge is 2.23. The van der Waals surface area contributed by atoms with E-state index < -0.39 is 0 Å². The van der Waals surface area contributed by atoms with Crippen molar-refractivity contribution in [2.45, 2.75) is 19.4 Å². The van der Waals surface area contributed by atoms with Crippen LogP contribution in [0.25, 0.3) is 10.9 Å². The largest absolute Gasteiger partial charge is 0.493 e. The summed E-state index contributed by atoms with van der Waals surface area (Å²) in [6, 6.07) is 11.1. The molecule has 0 bridgehead atoms. The number of nitrogens with zero attached hydrogens (tertiary/aromatic N) is 2. The first-order chi connectivity index (χ1) is 11.2. The van der Waals surface area contributed by atoms with E-state index in [0.717, 1.165) is 23.3 Å². The van der Waals surface area contributed by atoms with E-state index in [4.69, 9.17) is 4.74 Å². The Morgan fingerprint density at radius 1 is 1.17 bits per heavy atom. The number of nitrogens with one attached hydrogen (secondary N) is 1. The Morgan fingerprint density at radius 2 is 2.04 bits per heavy atom. The van der Waals surface area contributed by atoms with E-state index in [-0.39, 0.29) is 11.9 Å². The number of aryl methyl sites for hydroxylation is 1. The maximum absolute atomic E-state index is 13.9. The van der Waals surface area contributed by atoms with E-state index in [1.165, 1.54) is 12.4 Å². The predicted molar refractivity (Wildman–Crippen MR) is 87.2 cm³/mol. The summed E-state index contributed by atoms with van der Waals surface area (Å²) in [5, 5.41) is 4.12. The first kappa shape index (κ1) is 13.9. The molecule has 1 aromatic heterocycles. The Hall–Kier alpha value is -2.69. The fourth-order valence-electron chi connectivity index (χ4n) is 3.06. The van der Waals surface area contributed by atoms with E-state index in [0.29, 0.717) is 23.3 Å². The lowest BCUT2D eigenvalue weighted by Gasteiger charge is -2.28. The summed E-state index contributed by atoms with van der Waals surface area (Å²) < 4.78 is 19.7. The third-order valence-electron chi connectivity index (χ3n) is 4.20. The normalized spacial score (nSPS) is 16.7. The number of hydrogen-bond acceptors (Lipinski definition) is 4. The van der Waals surface area contributed by atoms with Gasteiger partial charge in [-0.05, 0) is 24.6 Å². The molecule has 3 aromatic rings. The highest BCUT2D eigenvalue weighted by Crippen LogP contribution is 2.37. The minimum Gasteiger partial charge on any atom is -0.493 e. The monoisotopic (exact) mass is 309 g/mol. The van der Waals surface area contributed by atoms with Gasteiger partial charge < -0.3 is 10.1 Å². The van der Waals surface area contributed by atoms with Crippen LogP contribution in [0.4, 0.5) is 10.2 Å². The zero-order chi connectivity index (χ0) is 15.8. The highest BCUT2D eigenvalue weighted by molar-refractivity contribution is 5.89. The predicted octanol–water partition coefficient (Wildman–Crippen LogP) is 4.01. The second-order valence-corrected chi connectivity index (χ2v) is 5.69. The van der Waals surface area contributed by atoms with Gasteiger partial charge in [0, 0.05) is 17.4 Å². The number of ether oxygens (including phenoxy) is 1. The van der Waals surface area contributed by atoms with Crippen LogP contribution in [0.5, 0.6) is 5.75 Å². The molecule has 1 aliphatic heterocycles. The first-order valence-corrected chi connectivity index (χ1v) is 7.62. The number of hydrogen-bond donors (Lipinski definition) is 1. The molecular weight excluding hydrogens is 293 g/mol. The van der Waals surface area contributed by atoms with Crippen molar-refractivity contribution in [3.8, 4) is 5.75 Å². The molecule has 5 heteroatoms. The zero-order valence-electron chi connectivity index (χ0n) is 12.7. The first-order valence-electron chi connectivity index (χ1n) is 7.62. The van der Waals surface area contributed by atoms with Crippen molar-refractivity contribution >= 4 is 16.7 Å². The van der Waals surface area contributed by atoms with Crippen molar-refractivity contribution in [3.63, 3.8) is 0 Å². The summed E-state index contributed by atoms with van der Waals surface area (Å²) in [6.45, 7) is 2.68. The van der Waals surface area contributed by atoms with Crippen LogP contribution in [-0.2, 0) is 0 Å². The number of halogens is 1. The Bertz CT molecular complexity index is 881. The van der Waals surface area contributed by atoms with E-state index in [9.17, 15) is 4.39 Å². The van der Waals surface area contributed by atoms with Crippen LogP contribution in [0.15, 0.2) is 42.7 Å². The van der Waals surface area contributed by atoms with Gasteiger partial charge in [-0.1, -0.05) is 24.3 Å². The van der Waals surface area contributed by atoms with Crippen LogP contribution in [-0.4, -0.2) is 16.6 Å². The number of anilines is 1. The summed E-state index contributed by atoms with van der Waals surface area (Å²) in [4.78, 5) is 8.35. The van der Waals surface area contributed by atoms with Gasteiger partial charge in [0.05, 0.1) is 12.6 Å². The Kier molecular flexibility index (Phi) is 3.33. The van der Waals surface area contributed by atoms with Gasteiger partial charge in [-0.15, -0.1) is 0 Å². The Balaban J connectivity index is 1.76. The standard InChI is InChI=1S/C18H16FN3O/c1-11-4-2-5-12-15(8-9-23-17(11)12)22-18-13-6-3-7-14(19)16(13)20-10-21-18/h2-7,10,15H,8-9H2,1H3,(H,20,21,22)/t15-/m0/s1. The van der Waals surface area contributed by atoms with Gasteiger partial charge >= 0.3 is 0 Å². The smallest absolute Gasteiger partial charge is 0.149 e. The van der Waals surface area contributed by atoms with Gasteiger partial charge in [0.25, 0.3) is 0 Å². The molecule has 0 radical (unpaired) electrons. The van der Waals surface area contributed by atoms with Crippen LogP contribution in [0.1, 0.15) is 23.6 Å². The van der Waals surface area contributed by atoms with Crippen molar-refractivity contribution in [2.75, 3.05) is 11.9 Å². The molecule has 0 spiro atoms. The lowest BCUT2D eigenvalue weighted by molar-refractivity contribution is 0.272. The number of para-hydroxylation sites is 2. The average molecular weight is 309 g/mol. The molecule has 4 rings (SSSR count). The molecule has 1 aliphatic rings. The fraction of sp³-hybridized carbons (Fsp3) is 0.222. The molecule has 2 aromatic carbocycles. The van der Waals surface area contributed by atoms with Gasteiger partial charge in [-0.2, -0.15) is 0 Å². The second-order valence-electron chi connectivity index (χ2n) is 5.69. The van der Waals surface area contributed by atoms with E-state index >= 15 is 0 Å². The van der Waals surface area contributed by atoms with Gasteiger partial charge in [-0.25, -0.2) is 14.4 Å². The van der Waals surface area contributed by atoms with E-state index in [1.54, 1.807) is 6.07 Å². The molecule has 0 saturated heterocycles. The summed E-state index contributed by atoms with van der Waals surface area (Å²) in [5.74, 6) is 1.24. The van der Waals surface area contributed by atoms with Gasteiger partial charge in [0.15, 0.2) is 0 Å². The number of rotatable bonds is 2. The molecule has 1 atom stereocenters. The topological polar surface area (TPSA) is 47.0 Å². The third-order valence-corrected chi connectivity index (χ3v) is 4.20. The quantitative estimate of drug-likeness (QED) is 0.777. The molecule has 4 nitrogen and oxygen atoms in total. The summed E-state index contributed by atoms with van der Waals surface area (Å²) >= 11 is 0. The number of aromatic nitrogens is 2. The molecule has 2 heterocycles. The van der Waals surface area contributed by atoms with Crippen molar-refractivity contribution in [1.29, 1.82) is 0 Å². The van der Waals surface area contributed by atoms with Crippen LogP contribution in [0.2, 0.25) is 0 Å². The summed E-state index contributed by atoms with van der Waals surface area (Å²) in [7, 11) is 0. The number of benzene rings is 2. The van der Waals surface area contributed by atoms with Crippen molar-refractivity contribution < 1.29 is 9.13 Å². The maximum atomic E-state index is 13.9. The van der Waals surface area contributed by atoms with Crippen molar-refractivity contribution in [1.82, 2.24) is 9.97 Å². The van der Waals surface area contributed by atoms with Crippen LogP contribution < -0.4 is 10.1 Å². The maximum Gasteiger partial charge on any atom is 0.149 e. The SMILES string of the molecule is Cc1cccc2c1OCC[C@@H]2Nc1ncnc2c(F)cccc12. The summed E-state index contributed by atoms with van der Waals surface area (Å²) in [5.41, 5.74) is 2.56. The molecule has 0 aliphatic carbocycles. The molecule has 23 heavy (non-hydrogen) atoms. The van der Waals surface area contributed by atoms with Crippen molar-refractivity contribution in [3.05, 3.63) is 59.7 Å². The molecule has 1 N–H and O–H groups in total. The summed E-state index contributed by atoms with van der Waals surface area (Å²) in [6.07, 6.45) is 2.22.